The molecular weight excluding hydrogens is 311 g/mol. The summed E-state index contributed by atoms with van der Waals surface area (Å²) in [7, 11) is 0. The van der Waals surface area contributed by atoms with E-state index < -0.39 is 30.0 Å². The van der Waals surface area contributed by atoms with Crippen LogP contribution in [-0.2, 0) is 22.2 Å². The van der Waals surface area contributed by atoms with Gasteiger partial charge >= 0.3 is 6.18 Å². The van der Waals surface area contributed by atoms with Crippen LogP contribution >= 0.6 is 0 Å². The van der Waals surface area contributed by atoms with Crippen LogP contribution in [0.3, 0.4) is 0 Å². The normalized spacial score (nSPS) is 11.6. The fraction of sp³-hybridized carbons (Fsp3) is 0.125. The van der Waals surface area contributed by atoms with Gasteiger partial charge in [0.2, 0.25) is 5.91 Å². The molecule has 23 heavy (non-hydrogen) atoms. The molecule has 0 saturated heterocycles. The molecule has 0 spiro atoms. The molecule has 0 unspecified atom stereocenters. The van der Waals surface area contributed by atoms with E-state index in [1.807, 2.05) is 5.32 Å². The lowest BCUT2D eigenvalue weighted by Crippen LogP contribution is -2.30. The van der Waals surface area contributed by atoms with Gasteiger partial charge in [-0.3, -0.25) is 14.9 Å². The summed E-state index contributed by atoms with van der Waals surface area (Å²) in [6.45, 7) is 0. The van der Waals surface area contributed by atoms with Crippen molar-refractivity contribution >= 4 is 17.9 Å². The van der Waals surface area contributed by atoms with Crippen LogP contribution in [0.1, 0.15) is 16.9 Å². The molecule has 1 aromatic carbocycles. The number of hydrogen-bond acceptors (Lipinski definition) is 3. The number of amides is 2. The fourth-order valence-electron chi connectivity index (χ4n) is 1.89. The zero-order valence-electron chi connectivity index (χ0n) is 11.8. The van der Waals surface area contributed by atoms with Crippen LogP contribution in [0, 0.1) is 0 Å². The fourth-order valence-corrected chi connectivity index (χ4v) is 1.89. The lowest BCUT2D eigenvalue weighted by atomic mass is 10.0. The molecule has 0 radical (unpaired) electrons. The Bertz CT molecular complexity index is 718. The number of furan rings is 1. The summed E-state index contributed by atoms with van der Waals surface area (Å²) in [4.78, 5) is 23.2. The maximum absolute atomic E-state index is 12.8. The first kappa shape index (κ1) is 16.5. The van der Waals surface area contributed by atoms with Gasteiger partial charge in [0.25, 0.3) is 5.91 Å². The van der Waals surface area contributed by atoms with Crippen molar-refractivity contribution in [1.82, 2.24) is 5.32 Å². The van der Waals surface area contributed by atoms with E-state index >= 15 is 0 Å². The maximum atomic E-state index is 12.8. The molecule has 1 aromatic heterocycles. The van der Waals surface area contributed by atoms with E-state index in [2.05, 4.69) is 0 Å². The highest BCUT2D eigenvalue weighted by Gasteiger charge is 2.33. The number of alkyl halides is 3. The molecule has 120 valence electrons. The molecule has 2 rings (SSSR count). The van der Waals surface area contributed by atoms with Crippen molar-refractivity contribution in [3.05, 3.63) is 65.6 Å². The third-order valence-electron chi connectivity index (χ3n) is 2.88. The minimum atomic E-state index is -4.56. The van der Waals surface area contributed by atoms with Crippen molar-refractivity contribution in [3.63, 3.8) is 0 Å². The summed E-state index contributed by atoms with van der Waals surface area (Å²) in [5.74, 6) is -1.15. The Hall–Kier alpha value is -2.83. The molecule has 2 amide bonds. The number of imide groups is 1. The van der Waals surface area contributed by atoms with E-state index in [4.69, 9.17) is 4.42 Å². The Labute approximate surface area is 129 Å². The first-order valence-electron chi connectivity index (χ1n) is 6.57. The van der Waals surface area contributed by atoms with Crippen molar-refractivity contribution in [3.8, 4) is 0 Å². The zero-order chi connectivity index (χ0) is 16.9. The topological polar surface area (TPSA) is 59.3 Å². The van der Waals surface area contributed by atoms with Crippen LogP contribution in [0.15, 0.2) is 53.2 Å². The number of nitrogens with one attached hydrogen (secondary N) is 1. The average Bonchev–Trinajstić information content (AvgIpc) is 2.97. The van der Waals surface area contributed by atoms with Crippen molar-refractivity contribution in [2.45, 2.75) is 12.6 Å². The van der Waals surface area contributed by atoms with Gasteiger partial charge in [-0.05, 0) is 29.8 Å². The SMILES string of the molecule is O=C(/C=C/c1ccco1)NC(=O)Cc1ccccc1C(F)(F)F. The summed E-state index contributed by atoms with van der Waals surface area (Å²) in [6, 6.07) is 7.95. The Balaban J connectivity index is 1.99. The van der Waals surface area contributed by atoms with E-state index in [9.17, 15) is 22.8 Å². The van der Waals surface area contributed by atoms with Gasteiger partial charge in [0.1, 0.15) is 5.76 Å². The lowest BCUT2D eigenvalue weighted by Gasteiger charge is -2.11. The molecular formula is C16H12F3NO3. The Morgan fingerprint density at radius 2 is 1.87 bits per heavy atom. The van der Waals surface area contributed by atoms with Crippen LogP contribution in [-0.4, -0.2) is 11.8 Å². The summed E-state index contributed by atoms with van der Waals surface area (Å²) in [5.41, 5.74) is -1.09. The van der Waals surface area contributed by atoms with Gasteiger partial charge in [0.05, 0.1) is 18.2 Å². The molecule has 0 bridgehead atoms. The van der Waals surface area contributed by atoms with Crippen LogP contribution in [0.2, 0.25) is 0 Å². The molecule has 7 heteroatoms. The Morgan fingerprint density at radius 3 is 2.52 bits per heavy atom. The molecule has 4 nitrogen and oxygen atoms in total. The number of rotatable bonds is 4. The number of carbonyl (C=O) groups is 2. The van der Waals surface area contributed by atoms with Crippen LogP contribution < -0.4 is 5.32 Å². The van der Waals surface area contributed by atoms with Gasteiger partial charge in [-0.1, -0.05) is 18.2 Å². The number of benzene rings is 1. The van der Waals surface area contributed by atoms with E-state index in [0.29, 0.717) is 5.76 Å². The van der Waals surface area contributed by atoms with Gasteiger partial charge in [0.15, 0.2) is 0 Å². The predicted octanol–water partition coefficient (Wildman–Crippen LogP) is 3.20. The summed E-state index contributed by atoms with van der Waals surface area (Å²) < 4.78 is 43.4. The van der Waals surface area contributed by atoms with Gasteiger partial charge in [-0.2, -0.15) is 13.2 Å². The minimum Gasteiger partial charge on any atom is -0.465 e. The molecule has 0 atom stereocenters. The van der Waals surface area contributed by atoms with E-state index in [0.717, 1.165) is 12.1 Å². The summed E-state index contributed by atoms with van der Waals surface area (Å²) in [6.07, 6.45) is -1.29. The first-order chi connectivity index (χ1) is 10.9. The third-order valence-corrected chi connectivity index (χ3v) is 2.88. The Kier molecular flexibility index (Phi) is 5.00. The highest BCUT2D eigenvalue weighted by Crippen LogP contribution is 2.31. The highest BCUT2D eigenvalue weighted by molar-refractivity contribution is 6.03. The van der Waals surface area contributed by atoms with Gasteiger partial charge < -0.3 is 4.42 Å². The van der Waals surface area contributed by atoms with Gasteiger partial charge in [-0.25, -0.2) is 0 Å². The second-order valence-corrected chi connectivity index (χ2v) is 4.59. The third kappa shape index (κ3) is 4.84. The monoisotopic (exact) mass is 323 g/mol. The number of halogens is 3. The molecule has 0 aliphatic carbocycles. The highest BCUT2D eigenvalue weighted by atomic mass is 19.4. The standard InChI is InChI=1S/C16H12F3NO3/c17-16(18,19)13-6-2-1-4-11(13)10-15(22)20-14(21)8-7-12-5-3-9-23-12/h1-9H,10H2,(H,20,21,22)/b8-7+. The van der Waals surface area contributed by atoms with E-state index in [1.165, 1.54) is 30.5 Å². The predicted molar refractivity (Wildman–Crippen MR) is 76.0 cm³/mol. The molecule has 1 N–H and O–H groups in total. The summed E-state index contributed by atoms with van der Waals surface area (Å²) >= 11 is 0. The second-order valence-electron chi connectivity index (χ2n) is 4.59. The summed E-state index contributed by atoms with van der Waals surface area (Å²) in [5, 5.41) is 2.00. The average molecular weight is 323 g/mol. The Morgan fingerprint density at radius 1 is 1.13 bits per heavy atom. The number of carbonyl (C=O) groups excluding carboxylic acids is 2. The van der Waals surface area contributed by atoms with Crippen molar-refractivity contribution in [2.75, 3.05) is 0 Å². The molecule has 0 aliphatic rings. The van der Waals surface area contributed by atoms with E-state index in [1.54, 1.807) is 12.1 Å². The molecule has 0 aliphatic heterocycles. The van der Waals surface area contributed by atoms with Crippen LogP contribution in [0.5, 0.6) is 0 Å². The smallest absolute Gasteiger partial charge is 0.416 e. The van der Waals surface area contributed by atoms with Crippen LogP contribution in [0.4, 0.5) is 13.2 Å². The molecule has 2 aromatic rings. The van der Waals surface area contributed by atoms with Crippen LogP contribution in [0.25, 0.3) is 6.08 Å². The van der Waals surface area contributed by atoms with Crippen molar-refractivity contribution in [1.29, 1.82) is 0 Å². The molecule has 1 heterocycles. The van der Waals surface area contributed by atoms with Crippen molar-refractivity contribution in [2.24, 2.45) is 0 Å². The second kappa shape index (κ2) is 6.95. The largest absolute Gasteiger partial charge is 0.465 e. The maximum Gasteiger partial charge on any atom is 0.416 e. The quantitative estimate of drug-likeness (QED) is 0.879. The zero-order valence-corrected chi connectivity index (χ0v) is 11.8. The first-order valence-corrected chi connectivity index (χ1v) is 6.57. The van der Waals surface area contributed by atoms with Gasteiger partial charge in [-0.15, -0.1) is 0 Å². The van der Waals surface area contributed by atoms with Gasteiger partial charge in [0, 0.05) is 6.08 Å². The minimum absolute atomic E-state index is 0.194. The molecule has 0 fully saturated rings. The number of hydrogen-bond donors (Lipinski definition) is 1. The van der Waals surface area contributed by atoms with Crippen molar-refractivity contribution < 1.29 is 27.2 Å². The lowest BCUT2D eigenvalue weighted by molar-refractivity contribution is -0.138. The molecule has 0 saturated carbocycles. The van der Waals surface area contributed by atoms with E-state index in [-0.39, 0.29) is 5.56 Å².